The molecule has 0 saturated heterocycles. The Labute approximate surface area is 299 Å². The smallest absolute Gasteiger partial charge is 0.339 e. The summed E-state index contributed by atoms with van der Waals surface area (Å²) in [5.41, 5.74) is 5.65. The Bertz CT molecular complexity index is 2220. The molecule has 6 aromatic carbocycles. The molecule has 6 aromatic rings. The van der Waals surface area contributed by atoms with E-state index in [4.69, 9.17) is 18.9 Å². The zero-order chi connectivity index (χ0) is 36.3. The minimum Gasteiger partial charge on any atom is -0.462 e. The van der Waals surface area contributed by atoms with E-state index in [2.05, 4.69) is 60.7 Å². The molecule has 0 N–H and O–H groups in total. The fraction of sp³-hybridized carbons (Fsp3) is 0.227. The summed E-state index contributed by atoms with van der Waals surface area (Å²) in [5, 5.41) is 7.43. The van der Waals surface area contributed by atoms with Crippen molar-refractivity contribution in [3.05, 3.63) is 129 Å². The lowest BCUT2D eigenvalue weighted by Crippen LogP contribution is -2.20. The van der Waals surface area contributed by atoms with Crippen LogP contribution in [0, 0.1) is 0 Å². The first-order chi connectivity index (χ1) is 25.2. The second-order valence-electron chi connectivity index (χ2n) is 13.1. The molecule has 2 bridgehead atoms. The van der Waals surface area contributed by atoms with Crippen molar-refractivity contribution in [1.82, 2.24) is 0 Å². The molecule has 8 nitrogen and oxygen atoms in total. The third-order valence-corrected chi connectivity index (χ3v) is 10.1. The molecule has 0 atom stereocenters. The number of allylic oxidation sites excluding steroid dienone is 2. The Morgan fingerprint density at radius 3 is 0.788 bits per heavy atom. The number of fused-ring (bicyclic) bond motifs is 4. The second kappa shape index (κ2) is 12.9. The van der Waals surface area contributed by atoms with Crippen LogP contribution in [0.25, 0.3) is 43.1 Å². The number of carbonyl (C=O) groups excluding carboxylic acids is 4. The zero-order valence-electron chi connectivity index (χ0n) is 29.3. The fourth-order valence-electron chi connectivity index (χ4n) is 7.83. The number of hydrogen-bond acceptors (Lipinski definition) is 8. The molecule has 3 aliphatic rings. The zero-order valence-corrected chi connectivity index (χ0v) is 29.3. The van der Waals surface area contributed by atoms with Gasteiger partial charge in [-0.05, 0) is 166 Å². The highest BCUT2D eigenvalue weighted by atomic mass is 16.5. The molecule has 0 radical (unpaired) electrons. The van der Waals surface area contributed by atoms with Gasteiger partial charge in [-0.2, -0.15) is 0 Å². The standard InChI is InChI=1S/C44H36O8/c1-5-49-41(45)37-19-27-11-23-15-33-31-9-10-32(34(33)16-24(23)12-28(27)20-38(37)42(46)50-6-2)36-18-26-14-30-22-40(44(48)52-8-4)39(43(47)51-7-3)21-29(30)13-25(26)17-35(31)36/h9-22,31-32H,5-8H2,1-4H3. The summed E-state index contributed by atoms with van der Waals surface area (Å²) in [6.07, 6.45) is 4.54. The van der Waals surface area contributed by atoms with Crippen LogP contribution in [0.1, 0.15) is 103 Å². The third-order valence-electron chi connectivity index (χ3n) is 10.1. The number of rotatable bonds is 8. The van der Waals surface area contributed by atoms with Crippen LogP contribution < -0.4 is 0 Å². The minimum absolute atomic E-state index is 0.0396. The summed E-state index contributed by atoms with van der Waals surface area (Å²) >= 11 is 0. The molecule has 0 heterocycles. The molecule has 9 rings (SSSR count). The van der Waals surface area contributed by atoms with Gasteiger partial charge in [-0.25, -0.2) is 19.2 Å². The van der Waals surface area contributed by atoms with Crippen molar-refractivity contribution in [3.63, 3.8) is 0 Å². The lowest BCUT2D eigenvalue weighted by molar-refractivity contribution is 0.0479. The molecule has 3 aliphatic carbocycles. The van der Waals surface area contributed by atoms with Crippen molar-refractivity contribution in [3.8, 4) is 0 Å². The van der Waals surface area contributed by atoms with Crippen LogP contribution in [-0.4, -0.2) is 50.3 Å². The Morgan fingerprint density at radius 1 is 0.365 bits per heavy atom. The van der Waals surface area contributed by atoms with Crippen LogP contribution in [0.3, 0.4) is 0 Å². The Balaban J connectivity index is 1.25. The van der Waals surface area contributed by atoms with E-state index >= 15 is 0 Å². The molecule has 0 aliphatic heterocycles. The predicted octanol–water partition coefficient (Wildman–Crippen LogP) is 9.15. The quantitative estimate of drug-likeness (QED) is 0.0673. The Morgan fingerprint density at radius 2 is 0.577 bits per heavy atom. The molecule has 8 heteroatoms. The largest absolute Gasteiger partial charge is 0.462 e. The van der Waals surface area contributed by atoms with Gasteiger partial charge < -0.3 is 18.9 Å². The highest BCUT2D eigenvalue weighted by Gasteiger charge is 2.34. The third kappa shape index (κ3) is 5.37. The summed E-state index contributed by atoms with van der Waals surface area (Å²) in [7, 11) is 0. The molecule has 0 spiro atoms. The molecule has 0 saturated carbocycles. The molecule has 0 fully saturated rings. The van der Waals surface area contributed by atoms with Gasteiger partial charge in [0.15, 0.2) is 0 Å². The molecule has 52 heavy (non-hydrogen) atoms. The number of hydrogen-bond donors (Lipinski definition) is 0. The minimum atomic E-state index is -0.561. The van der Waals surface area contributed by atoms with Crippen LogP contribution in [0.5, 0.6) is 0 Å². The first-order valence-corrected chi connectivity index (χ1v) is 17.7. The van der Waals surface area contributed by atoms with Gasteiger partial charge in [0.2, 0.25) is 0 Å². The summed E-state index contributed by atoms with van der Waals surface area (Å²) in [5.74, 6) is -2.17. The van der Waals surface area contributed by atoms with E-state index in [0.717, 1.165) is 43.1 Å². The highest BCUT2D eigenvalue weighted by Crippen LogP contribution is 2.51. The molecule has 0 aromatic heterocycles. The maximum atomic E-state index is 12.9. The van der Waals surface area contributed by atoms with Gasteiger partial charge in [0.25, 0.3) is 0 Å². The molecule has 0 amide bonds. The monoisotopic (exact) mass is 692 g/mol. The van der Waals surface area contributed by atoms with Crippen molar-refractivity contribution in [1.29, 1.82) is 0 Å². The van der Waals surface area contributed by atoms with E-state index in [1.165, 1.54) is 22.3 Å². The van der Waals surface area contributed by atoms with Crippen molar-refractivity contribution in [2.24, 2.45) is 0 Å². The molecular formula is C44H36O8. The summed E-state index contributed by atoms with van der Waals surface area (Å²) < 4.78 is 21.1. The number of esters is 4. The summed E-state index contributed by atoms with van der Waals surface area (Å²) in [6.45, 7) is 7.69. The fourth-order valence-corrected chi connectivity index (χ4v) is 7.83. The molecule has 0 unspecified atom stereocenters. The van der Waals surface area contributed by atoms with E-state index in [-0.39, 0.29) is 60.5 Å². The van der Waals surface area contributed by atoms with Gasteiger partial charge in [-0.15, -0.1) is 0 Å². The number of carbonyl (C=O) groups is 4. The van der Waals surface area contributed by atoms with Gasteiger partial charge >= 0.3 is 23.9 Å². The van der Waals surface area contributed by atoms with Crippen molar-refractivity contribution in [2.75, 3.05) is 26.4 Å². The van der Waals surface area contributed by atoms with Crippen molar-refractivity contribution >= 4 is 67.0 Å². The predicted molar refractivity (Wildman–Crippen MR) is 200 cm³/mol. The van der Waals surface area contributed by atoms with Gasteiger partial charge in [-0.1, -0.05) is 12.2 Å². The summed E-state index contributed by atoms with van der Waals surface area (Å²) in [6, 6.07) is 24.1. The first kappa shape index (κ1) is 33.1. The Hall–Kier alpha value is -6.02. The Kier molecular flexibility index (Phi) is 8.25. The van der Waals surface area contributed by atoms with Gasteiger partial charge in [-0.3, -0.25) is 0 Å². The molecular weight excluding hydrogens is 656 g/mol. The number of ether oxygens (including phenoxy) is 4. The van der Waals surface area contributed by atoms with E-state index in [9.17, 15) is 19.2 Å². The van der Waals surface area contributed by atoms with Crippen LogP contribution in [0.2, 0.25) is 0 Å². The molecule has 260 valence electrons. The summed E-state index contributed by atoms with van der Waals surface area (Å²) in [4.78, 5) is 51.6. The average Bonchev–Trinajstić information content (AvgIpc) is 3.14. The lowest BCUT2D eigenvalue weighted by atomic mass is 9.67. The van der Waals surface area contributed by atoms with Crippen LogP contribution in [-0.2, 0) is 18.9 Å². The lowest BCUT2D eigenvalue weighted by Gasteiger charge is -2.37. The van der Waals surface area contributed by atoms with E-state index in [0.29, 0.717) is 0 Å². The van der Waals surface area contributed by atoms with Crippen LogP contribution in [0.4, 0.5) is 0 Å². The maximum Gasteiger partial charge on any atom is 0.339 e. The number of benzene rings is 6. The van der Waals surface area contributed by atoms with Gasteiger partial charge in [0.1, 0.15) is 0 Å². The highest BCUT2D eigenvalue weighted by molar-refractivity contribution is 6.11. The normalized spacial score (nSPS) is 15.5. The van der Waals surface area contributed by atoms with Crippen molar-refractivity contribution in [2.45, 2.75) is 39.5 Å². The van der Waals surface area contributed by atoms with E-state index < -0.39 is 23.9 Å². The average molecular weight is 693 g/mol. The maximum absolute atomic E-state index is 12.9. The van der Waals surface area contributed by atoms with Gasteiger partial charge in [0.05, 0.1) is 48.7 Å². The first-order valence-electron chi connectivity index (χ1n) is 17.7. The van der Waals surface area contributed by atoms with Crippen LogP contribution >= 0.6 is 0 Å². The SMILES string of the molecule is CCOC(=O)c1cc2cc3cc4c(cc3cc2cc1C(=O)OCC)C1C=CC4c2cc3cc4cc(C(=O)OCC)c(C(=O)OCC)cc4cc3cc21. The van der Waals surface area contributed by atoms with E-state index in [1.807, 2.05) is 0 Å². The second-order valence-corrected chi connectivity index (χ2v) is 13.1. The van der Waals surface area contributed by atoms with Crippen LogP contribution in [0.15, 0.2) is 84.9 Å². The van der Waals surface area contributed by atoms with Gasteiger partial charge in [0, 0.05) is 11.8 Å². The topological polar surface area (TPSA) is 105 Å². The van der Waals surface area contributed by atoms with Crippen molar-refractivity contribution < 1.29 is 38.1 Å². The van der Waals surface area contributed by atoms with E-state index in [1.54, 1.807) is 52.0 Å².